The summed E-state index contributed by atoms with van der Waals surface area (Å²) in [4.78, 5) is 44.4. The summed E-state index contributed by atoms with van der Waals surface area (Å²) in [5.74, 6) is -1.36. The normalized spacial score (nSPS) is 18.2. The number of nitrogens with zero attached hydrogens (tertiary/aromatic N) is 5. The maximum atomic E-state index is 14.5. The van der Waals surface area contributed by atoms with Crippen LogP contribution in [0.25, 0.3) is 10.8 Å². The molecule has 11 heteroatoms. The Labute approximate surface area is 248 Å². The summed E-state index contributed by atoms with van der Waals surface area (Å²) in [5, 5.41) is 19.7. The fourth-order valence-corrected chi connectivity index (χ4v) is 5.89. The Morgan fingerprint density at radius 2 is 1.88 bits per heavy atom. The van der Waals surface area contributed by atoms with Gasteiger partial charge in [-0.15, -0.1) is 5.10 Å². The van der Waals surface area contributed by atoms with Gasteiger partial charge in [-0.05, 0) is 47.4 Å². The van der Waals surface area contributed by atoms with Crippen molar-refractivity contribution < 1.29 is 19.5 Å². The van der Waals surface area contributed by atoms with Crippen LogP contribution in [0.3, 0.4) is 0 Å². The molecule has 4 aromatic rings. The van der Waals surface area contributed by atoms with Gasteiger partial charge in [-0.25, -0.2) is 4.68 Å². The number of carbonyl (C=O) groups is 3. The molecule has 3 aromatic carbocycles. The Morgan fingerprint density at radius 3 is 2.64 bits per heavy atom. The number of aromatic nitrogens is 3. The summed E-state index contributed by atoms with van der Waals surface area (Å²) in [6.45, 7) is 1.89. The predicted molar refractivity (Wildman–Crippen MR) is 158 cm³/mol. The minimum absolute atomic E-state index is 0.0865. The highest BCUT2D eigenvalue weighted by atomic mass is 35.5. The van der Waals surface area contributed by atoms with Crippen molar-refractivity contribution in [2.45, 2.75) is 50.9 Å². The van der Waals surface area contributed by atoms with Gasteiger partial charge in [0.05, 0.1) is 5.69 Å². The molecule has 0 radical (unpaired) electrons. The number of halogens is 1. The lowest BCUT2D eigenvalue weighted by atomic mass is 9.96. The summed E-state index contributed by atoms with van der Waals surface area (Å²) in [5.41, 5.74) is 7.96. The van der Waals surface area contributed by atoms with Crippen molar-refractivity contribution in [2.24, 2.45) is 5.73 Å². The van der Waals surface area contributed by atoms with Crippen LogP contribution in [0.1, 0.15) is 36.2 Å². The van der Waals surface area contributed by atoms with E-state index in [1.165, 1.54) is 9.58 Å². The van der Waals surface area contributed by atoms with E-state index in [1.54, 1.807) is 35.4 Å². The first-order valence-corrected chi connectivity index (χ1v) is 14.3. The number of primary amides is 1. The van der Waals surface area contributed by atoms with Crippen LogP contribution >= 0.6 is 11.6 Å². The quantitative estimate of drug-likeness (QED) is 0.309. The van der Waals surface area contributed by atoms with E-state index in [0.717, 1.165) is 16.3 Å². The van der Waals surface area contributed by atoms with Crippen LogP contribution in [-0.4, -0.2) is 72.9 Å². The summed E-state index contributed by atoms with van der Waals surface area (Å²) >= 11 is 6.35. The van der Waals surface area contributed by atoms with E-state index in [1.807, 2.05) is 49.4 Å². The van der Waals surface area contributed by atoms with E-state index in [9.17, 15) is 19.5 Å². The fraction of sp³-hybridized carbons (Fsp3) is 0.323. The number of nitrogens with two attached hydrogens (primary N) is 1. The topological polar surface area (TPSA) is 135 Å². The molecule has 42 heavy (non-hydrogen) atoms. The number of rotatable bonds is 9. The zero-order valence-electron chi connectivity index (χ0n) is 23.3. The number of fused-ring (bicyclic) bond motifs is 1. The Bertz CT molecular complexity index is 1600. The van der Waals surface area contributed by atoms with Crippen molar-refractivity contribution in [1.82, 2.24) is 24.8 Å². The number of amides is 3. The molecule has 1 fully saturated rings. The molecule has 1 saturated heterocycles. The summed E-state index contributed by atoms with van der Waals surface area (Å²) < 4.78 is 1.40. The van der Waals surface area contributed by atoms with Gasteiger partial charge in [0, 0.05) is 43.3 Å². The van der Waals surface area contributed by atoms with Crippen LogP contribution in [0.15, 0.2) is 72.9 Å². The first-order valence-electron chi connectivity index (χ1n) is 13.9. The van der Waals surface area contributed by atoms with Crippen LogP contribution in [0.4, 0.5) is 0 Å². The molecule has 3 unspecified atom stereocenters. The second-order valence-electron chi connectivity index (χ2n) is 10.6. The van der Waals surface area contributed by atoms with E-state index in [-0.39, 0.29) is 38.1 Å². The SMILES string of the molecule is CC1CCN(C(Cc2cccc3ccccc23)C(N)=O)C(=O)C(c2cccc(Cl)c2)N1C(=O)Cn1cc(CCO)nn1. The van der Waals surface area contributed by atoms with Gasteiger partial charge < -0.3 is 20.6 Å². The molecule has 0 saturated carbocycles. The standard InChI is InChI=1S/C31H33ClN6O4/c1-20-12-14-37(27(30(33)41)17-22-8-4-7-21-6-2-3-11-26(21)22)31(42)29(23-9-5-10-24(32)16-23)38(20)28(40)19-36-18-25(13-15-39)34-35-36/h2-11,16,18,20,27,29,39H,12-15,17,19H2,1H3,(H2,33,41). The maximum Gasteiger partial charge on any atom is 0.250 e. The summed E-state index contributed by atoms with van der Waals surface area (Å²) in [6.07, 6.45) is 2.59. The number of carbonyl (C=O) groups excluding carboxylic acids is 3. The molecule has 3 atom stereocenters. The highest BCUT2D eigenvalue weighted by Crippen LogP contribution is 2.33. The zero-order valence-corrected chi connectivity index (χ0v) is 24.0. The Balaban J connectivity index is 1.51. The molecular formula is C31H33ClN6O4. The lowest BCUT2D eigenvalue weighted by molar-refractivity contribution is -0.148. The summed E-state index contributed by atoms with van der Waals surface area (Å²) in [7, 11) is 0. The van der Waals surface area contributed by atoms with Crippen LogP contribution in [0.5, 0.6) is 0 Å². The van der Waals surface area contributed by atoms with Gasteiger partial charge in [0.15, 0.2) is 0 Å². The molecular weight excluding hydrogens is 556 g/mol. The number of benzene rings is 3. The zero-order chi connectivity index (χ0) is 29.8. The van der Waals surface area contributed by atoms with E-state index in [2.05, 4.69) is 10.3 Å². The Morgan fingerprint density at radius 1 is 1.12 bits per heavy atom. The largest absolute Gasteiger partial charge is 0.396 e. The first kappa shape index (κ1) is 29.2. The predicted octanol–water partition coefficient (Wildman–Crippen LogP) is 2.91. The smallest absolute Gasteiger partial charge is 0.250 e. The average molecular weight is 589 g/mol. The second kappa shape index (κ2) is 12.7. The number of aliphatic hydroxyl groups is 1. The lowest BCUT2D eigenvalue weighted by Gasteiger charge is -2.35. The van der Waals surface area contributed by atoms with Crippen molar-refractivity contribution in [3.8, 4) is 0 Å². The van der Waals surface area contributed by atoms with Crippen molar-refractivity contribution >= 4 is 40.1 Å². The van der Waals surface area contributed by atoms with E-state index < -0.39 is 23.9 Å². The lowest BCUT2D eigenvalue weighted by Crippen LogP contribution is -2.52. The first-order chi connectivity index (χ1) is 20.3. The average Bonchev–Trinajstić information content (AvgIpc) is 3.36. The second-order valence-corrected chi connectivity index (χ2v) is 11.0. The van der Waals surface area contributed by atoms with Gasteiger partial charge in [-0.2, -0.15) is 0 Å². The van der Waals surface area contributed by atoms with Gasteiger partial charge in [0.25, 0.3) is 5.91 Å². The molecule has 10 nitrogen and oxygen atoms in total. The highest BCUT2D eigenvalue weighted by molar-refractivity contribution is 6.30. The van der Waals surface area contributed by atoms with Gasteiger partial charge in [0.2, 0.25) is 11.8 Å². The fourth-order valence-electron chi connectivity index (χ4n) is 5.69. The van der Waals surface area contributed by atoms with Crippen LogP contribution in [0, 0.1) is 0 Å². The van der Waals surface area contributed by atoms with Crippen molar-refractivity contribution in [3.63, 3.8) is 0 Å². The minimum Gasteiger partial charge on any atom is -0.396 e. The molecule has 0 bridgehead atoms. The number of aliphatic hydroxyl groups excluding tert-OH is 1. The van der Waals surface area contributed by atoms with Crippen LogP contribution in [0.2, 0.25) is 5.02 Å². The third kappa shape index (κ3) is 6.14. The minimum atomic E-state index is -1.04. The van der Waals surface area contributed by atoms with Gasteiger partial charge in [0.1, 0.15) is 18.6 Å². The van der Waals surface area contributed by atoms with Crippen LogP contribution in [-0.2, 0) is 33.8 Å². The van der Waals surface area contributed by atoms with Gasteiger partial charge in [-0.3, -0.25) is 14.4 Å². The van der Waals surface area contributed by atoms with Crippen molar-refractivity contribution in [2.75, 3.05) is 13.2 Å². The van der Waals surface area contributed by atoms with Crippen molar-refractivity contribution in [1.29, 1.82) is 0 Å². The van der Waals surface area contributed by atoms with Crippen LogP contribution < -0.4 is 5.73 Å². The number of hydrogen-bond donors (Lipinski definition) is 2. The molecule has 1 aliphatic rings. The third-order valence-corrected chi connectivity index (χ3v) is 7.99. The molecule has 3 N–H and O–H groups in total. The maximum absolute atomic E-state index is 14.5. The molecule has 2 heterocycles. The Kier molecular flexibility index (Phi) is 8.84. The van der Waals surface area contributed by atoms with E-state index in [0.29, 0.717) is 29.1 Å². The van der Waals surface area contributed by atoms with E-state index in [4.69, 9.17) is 17.3 Å². The third-order valence-electron chi connectivity index (χ3n) is 7.76. The van der Waals surface area contributed by atoms with Crippen molar-refractivity contribution in [3.05, 3.63) is 94.8 Å². The molecule has 218 valence electrons. The molecule has 3 amide bonds. The molecule has 1 aromatic heterocycles. The highest BCUT2D eigenvalue weighted by Gasteiger charge is 2.43. The van der Waals surface area contributed by atoms with Gasteiger partial charge >= 0.3 is 0 Å². The van der Waals surface area contributed by atoms with E-state index >= 15 is 0 Å². The molecule has 0 spiro atoms. The summed E-state index contributed by atoms with van der Waals surface area (Å²) in [6, 6.07) is 18.3. The molecule has 5 rings (SSSR count). The molecule has 0 aliphatic carbocycles. The number of hydrogen-bond acceptors (Lipinski definition) is 6. The monoisotopic (exact) mass is 588 g/mol. The molecule has 1 aliphatic heterocycles. The van der Waals surface area contributed by atoms with Gasteiger partial charge in [-0.1, -0.05) is 71.4 Å². The Hall–Kier alpha value is -4.28.